The van der Waals surface area contributed by atoms with Crippen LogP contribution in [-0.4, -0.2) is 11.9 Å². The molecule has 4 nitrogen and oxygen atoms in total. The highest BCUT2D eigenvalue weighted by atomic mass is 35.5. The van der Waals surface area contributed by atoms with E-state index in [4.69, 9.17) is 16.3 Å². The zero-order chi connectivity index (χ0) is 17.5. The minimum Gasteiger partial charge on any atom is -0.455 e. The average Bonchev–Trinajstić information content (AvgIpc) is 2.49. The van der Waals surface area contributed by atoms with Crippen LogP contribution in [0.3, 0.4) is 0 Å². The molecule has 0 saturated heterocycles. The molecular weight excluding hydrogens is 349 g/mol. The summed E-state index contributed by atoms with van der Waals surface area (Å²) in [5, 5.41) is -0.243. The number of carbonyl (C=O) groups is 2. The molecule has 3 rings (SSSR count). The summed E-state index contributed by atoms with van der Waals surface area (Å²) in [7, 11) is 0. The quantitative estimate of drug-likeness (QED) is 0.591. The highest BCUT2D eigenvalue weighted by Gasteiger charge is 2.31. The summed E-state index contributed by atoms with van der Waals surface area (Å²) in [6, 6.07) is 7.10. The van der Waals surface area contributed by atoms with Crippen LogP contribution in [-0.2, 0) is 22.1 Å². The lowest BCUT2D eigenvalue weighted by Gasteiger charge is -2.18. The zero-order valence-corrected chi connectivity index (χ0v) is 12.6. The SMILES string of the molecule is O=C1Cc2c(Oc3ccc(C(F)(F)F)cc3Cl)cccc2C(=O)O1. The van der Waals surface area contributed by atoms with Gasteiger partial charge < -0.3 is 9.47 Å². The number of hydrogen-bond donors (Lipinski definition) is 0. The first-order chi connectivity index (χ1) is 11.3. The summed E-state index contributed by atoms with van der Waals surface area (Å²) in [5.74, 6) is -1.41. The predicted molar refractivity (Wildman–Crippen MR) is 77.1 cm³/mol. The molecule has 8 heteroatoms. The van der Waals surface area contributed by atoms with Crippen molar-refractivity contribution in [2.45, 2.75) is 12.6 Å². The van der Waals surface area contributed by atoms with Gasteiger partial charge in [0, 0.05) is 5.56 Å². The largest absolute Gasteiger partial charge is 0.455 e. The van der Waals surface area contributed by atoms with E-state index in [0.29, 0.717) is 5.56 Å². The Morgan fingerprint density at radius 2 is 1.83 bits per heavy atom. The van der Waals surface area contributed by atoms with Gasteiger partial charge in [-0.3, -0.25) is 4.79 Å². The molecule has 0 saturated carbocycles. The minimum absolute atomic E-state index is 0.0237. The maximum Gasteiger partial charge on any atom is 0.416 e. The van der Waals surface area contributed by atoms with Gasteiger partial charge in [-0.05, 0) is 30.3 Å². The van der Waals surface area contributed by atoms with Gasteiger partial charge in [0.05, 0.1) is 22.6 Å². The molecule has 0 atom stereocenters. The molecule has 0 bridgehead atoms. The van der Waals surface area contributed by atoms with E-state index in [1.54, 1.807) is 0 Å². The van der Waals surface area contributed by atoms with Gasteiger partial charge in [-0.25, -0.2) is 4.79 Å². The van der Waals surface area contributed by atoms with Gasteiger partial charge in [-0.15, -0.1) is 0 Å². The van der Waals surface area contributed by atoms with Crippen LogP contribution in [0.2, 0.25) is 5.02 Å². The van der Waals surface area contributed by atoms with Crippen molar-refractivity contribution in [1.82, 2.24) is 0 Å². The van der Waals surface area contributed by atoms with E-state index in [2.05, 4.69) is 4.74 Å². The van der Waals surface area contributed by atoms with Gasteiger partial charge >= 0.3 is 18.1 Å². The topological polar surface area (TPSA) is 52.6 Å². The van der Waals surface area contributed by atoms with Crippen LogP contribution >= 0.6 is 11.6 Å². The highest BCUT2D eigenvalue weighted by molar-refractivity contribution is 6.32. The lowest BCUT2D eigenvalue weighted by Crippen LogP contribution is -2.23. The molecule has 24 heavy (non-hydrogen) atoms. The van der Waals surface area contributed by atoms with Gasteiger partial charge in [0.1, 0.15) is 11.5 Å². The lowest BCUT2D eigenvalue weighted by atomic mass is 10.0. The Morgan fingerprint density at radius 3 is 2.50 bits per heavy atom. The fourth-order valence-corrected chi connectivity index (χ4v) is 2.47. The third-order valence-corrected chi connectivity index (χ3v) is 3.66. The Kier molecular flexibility index (Phi) is 3.96. The van der Waals surface area contributed by atoms with Crippen molar-refractivity contribution in [3.05, 3.63) is 58.1 Å². The van der Waals surface area contributed by atoms with E-state index >= 15 is 0 Å². The van der Waals surface area contributed by atoms with Crippen molar-refractivity contribution in [3.63, 3.8) is 0 Å². The van der Waals surface area contributed by atoms with Crippen molar-refractivity contribution >= 4 is 23.5 Å². The van der Waals surface area contributed by atoms with Crippen LogP contribution in [0.5, 0.6) is 11.5 Å². The Hall–Kier alpha value is -2.54. The maximum atomic E-state index is 12.6. The number of hydrogen-bond acceptors (Lipinski definition) is 4. The summed E-state index contributed by atoms with van der Waals surface area (Å²) in [4.78, 5) is 23.1. The van der Waals surface area contributed by atoms with Crippen LogP contribution in [0.25, 0.3) is 0 Å². The van der Waals surface area contributed by atoms with Gasteiger partial charge in [-0.1, -0.05) is 17.7 Å². The highest BCUT2D eigenvalue weighted by Crippen LogP contribution is 2.38. The van der Waals surface area contributed by atoms with Crippen LogP contribution in [0.1, 0.15) is 21.5 Å². The molecule has 2 aromatic carbocycles. The number of halogens is 4. The van der Waals surface area contributed by atoms with E-state index in [-0.39, 0.29) is 28.5 Å². The molecule has 2 aromatic rings. The van der Waals surface area contributed by atoms with Crippen LogP contribution in [0.15, 0.2) is 36.4 Å². The van der Waals surface area contributed by atoms with E-state index in [9.17, 15) is 22.8 Å². The second-order valence-corrected chi connectivity index (χ2v) is 5.37. The Labute approximate surface area is 138 Å². The molecular formula is C16H8ClF3O4. The first-order valence-electron chi connectivity index (χ1n) is 6.67. The molecule has 1 aliphatic rings. The van der Waals surface area contributed by atoms with E-state index in [1.165, 1.54) is 18.2 Å². The predicted octanol–water partition coefficient (Wildman–Crippen LogP) is 4.39. The van der Waals surface area contributed by atoms with E-state index in [0.717, 1.165) is 18.2 Å². The van der Waals surface area contributed by atoms with Gasteiger partial charge in [0.2, 0.25) is 0 Å². The first kappa shape index (κ1) is 16.3. The second-order valence-electron chi connectivity index (χ2n) is 4.97. The monoisotopic (exact) mass is 356 g/mol. The number of carbonyl (C=O) groups excluding carboxylic acids is 2. The molecule has 0 N–H and O–H groups in total. The van der Waals surface area contributed by atoms with Crippen molar-refractivity contribution in [1.29, 1.82) is 0 Å². The Bertz CT molecular complexity index is 846. The standard InChI is InChI=1S/C16H8ClF3O4/c17-11-6-8(16(18,19)20)4-5-13(11)23-12-3-1-2-9-10(12)7-14(21)24-15(9)22/h1-6H,7H2. The summed E-state index contributed by atoms with van der Waals surface area (Å²) in [6.45, 7) is 0. The Morgan fingerprint density at radius 1 is 1.08 bits per heavy atom. The smallest absolute Gasteiger partial charge is 0.416 e. The van der Waals surface area contributed by atoms with Crippen molar-refractivity contribution in [3.8, 4) is 11.5 Å². The van der Waals surface area contributed by atoms with Gasteiger partial charge in [-0.2, -0.15) is 13.2 Å². The summed E-state index contributed by atoms with van der Waals surface area (Å²) >= 11 is 5.84. The molecule has 0 fully saturated rings. The first-order valence-corrected chi connectivity index (χ1v) is 7.05. The normalized spacial score (nSPS) is 14.2. The van der Waals surface area contributed by atoms with E-state index in [1.807, 2.05) is 0 Å². The van der Waals surface area contributed by atoms with Crippen molar-refractivity contribution < 1.29 is 32.2 Å². The third kappa shape index (κ3) is 3.07. The van der Waals surface area contributed by atoms with Crippen LogP contribution in [0.4, 0.5) is 13.2 Å². The number of benzene rings is 2. The number of ether oxygens (including phenoxy) is 2. The van der Waals surface area contributed by atoms with Crippen LogP contribution in [0, 0.1) is 0 Å². The average molecular weight is 357 g/mol. The molecule has 1 heterocycles. The molecule has 1 aliphatic heterocycles. The fraction of sp³-hybridized carbons (Fsp3) is 0.125. The number of fused-ring (bicyclic) bond motifs is 1. The summed E-state index contributed by atoms with van der Waals surface area (Å²) < 4.78 is 48.0. The van der Waals surface area contributed by atoms with Gasteiger partial charge in [0.15, 0.2) is 0 Å². The van der Waals surface area contributed by atoms with Crippen molar-refractivity contribution in [2.75, 3.05) is 0 Å². The third-order valence-electron chi connectivity index (χ3n) is 3.36. The minimum atomic E-state index is -4.52. The molecule has 0 unspecified atom stereocenters. The molecule has 124 valence electrons. The molecule has 0 radical (unpaired) electrons. The summed E-state index contributed by atoms with van der Waals surface area (Å²) in [6.07, 6.45) is -4.71. The lowest BCUT2D eigenvalue weighted by molar-refractivity contribution is -0.138. The number of alkyl halides is 3. The number of cyclic esters (lactones) is 2. The summed E-state index contributed by atoms with van der Waals surface area (Å²) in [5.41, 5.74) is -0.446. The molecule has 0 aromatic heterocycles. The zero-order valence-electron chi connectivity index (χ0n) is 11.8. The Balaban J connectivity index is 1.97. The van der Waals surface area contributed by atoms with E-state index < -0.39 is 23.7 Å². The fourth-order valence-electron chi connectivity index (χ4n) is 2.25. The van der Waals surface area contributed by atoms with Gasteiger partial charge in [0.25, 0.3) is 0 Å². The number of esters is 2. The molecule has 0 spiro atoms. The second kappa shape index (κ2) is 5.83. The number of rotatable bonds is 2. The molecule has 0 aliphatic carbocycles. The van der Waals surface area contributed by atoms with Crippen LogP contribution < -0.4 is 4.74 Å². The van der Waals surface area contributed by atoms with Crippen molar-refractivity contribution in [2.24, 2.45) is 0 Å². The maximum absolute atomic E-state index is 12.6. The molecule has 0 amide bonds.